The number of benzene rings is 2. The summed E-state index contributed by atoms with van der Waals surface area (Å²) in [6, 6.07) is 4.22. The molecule has 0 aromatic heterocycles. The van der Waals surface area contributed by atoms with Gasteiger partial charge in [-0.25, -0.2) is 26.3 Å². The van der Waals surface area contributed by atoms with E-state index in [1.54, 1.807) is 0 Å². The van der Waals surface area contributed by atoms with Gasteiger partial charge in [0.15, 0.2) is 23.3 Å². The minimum absolute atomic E-state index is 0.128. The highest BCUT2D eigenvalue weighted by Gasteiger charge is 2.70. The van der Waals surface area contributed by atoms with Crippen molar-refractivity contribution >= 4 is 8.58 Å². The highest BCUT2D eigenvalue weighted by molar-refractivity contribution is 7.39. The van der Waals surface area contributed by atoms with E-state index in [9.17, 15) is 52.7 Å². The minimum atomic E-state index is -5.28. The highest BCUT2D eigenvalue weighted by atomic mass is 31.1. The van der Waals surface area contributed by atoms with Gasteiger partial charge in [0.25, 0.3) is 0 Å². The number of hydrogen-bond donors (Lipinski definition) is 0. The molecular formula is C30H37F12P. The lowest BCUT2D eigenvalue weighted by Crippen LogP contribution is -2.52. The third-order valence-electron chi connectivity index (χ3n) is 6.99. The molecule has 0 nitrogen and oxygen atoms in total. The van der Waals surface area contributed by atoms with E-state index in [1.165, 1.54) is 12.1 Å². The van der Waals surface area contributed by atoms with Crippen molar-refractivity contribution in [3.05, 3.63) is 59.2 Å². The Balaban J connectivity index is 0.000000450. The van der Waals surface area contributed by atoms with E-state index in [0.717, 1.165) is 44.2 Å². The van der Waals surface area contributed by atoms with Gasteiger partial charge in [-0.2, -0.15) is 26.3 Å². The van der Waals surface area contributed by atoms with Crippen molar-refractivity contribution in [2.24, 2.45) is 5.92 Å². The molecular weight excluding hydrogens is 619 g/mol. The molecule has 246 valence electrons. The lowest BCUT2D eigenvalue weighted by molar-refractivity contribution is -0.280. The Morgan fingerprint density at radius 2 is 1.19 bits per heavy atom. The summed E-state index contributed by atoms with van der Waals surface area (Å²) in [4.78, 5) is 0. The van der Waals surface area contributed by atoms with Crippen LogP contribution in [-0.2, 0) is 0 Å². The first-order valence-corrected chi connectivity index (χ1v) is 15.4. The number of alkyl halides is 6. The zero-order valence-corrected chi connectivity index (χ0v) is 25.2. The summed E-state index contributed by atoms with van der Waals surface area (Å²) in [5.74, 6) is -21.4. The van der Waals surface area contributed by atoms with E-state index in [0.29, 0.717) is 19.3 Å². The molecule has 0 N–H and O–H groups in total. The standard InChI is InChI=1S/C18H33F6P.C12H4F6/c1-4-7-9-10-13-16(19,20)17(21,22)18(23,24)25-14-12-15(6-3)11-8-5-2;13-6-4-2-1-3-5(6)7-8(14)10(16)12(18)11(17)9(7)15/h15,25H,4-14H2,1-3H3;1-4H. The van der Waals surface area contributed by atoms with Crippen molar-refractivity contribution in [2.45, 2.75) is 102 Å². The summed E-state index contributed by atoms with van der Waals surface area (Å²) in [5, 5.41) is 0. The Morgan fingerprint density at radius 3 is 1.70 bits per heavy atom. The Morgan fingerprint density at radius 1 is 0.651 bits per heavy atom. The fourth-order valence-corrected chi connectivity index (χ4v) is 5.53. The highest BCUT2D eigenvalue weighted by Crippen LogP contribution is 2.55. The predicted octanol–water partition coefficient (Wildman–Crippen LogP) is 12.3. The van der Waals surface area contributed by atoms with E-state index in [-0.39, 0.29) is 18.5 Å². The molecule has 0 amide bonds. The monoisotopic (exact) mass is 656 g/mol. The van der Waals surface area contributed by atoms with Crippen LogP contribution in [0.3, 0.4) is 0 Å². The topological polar surface area (TPSA) is 0 Å². The second kappa shape index (κ2) is 17.5. The van der Waals surface area contributed by atoms with E-state index in [1.807, 2.05) is 20.8 Å². The van der Waals surface area contributed by atoms with Gasteiger partial charge in [-0.15, -0.1) is 0 Å². The normalized spacial score (nSPS) is 13.4. The van der Waals surface area contributed by atoms with Crippen LogP contribution in [0.15, 0.2) is 24.3 Å². The van der Waals surface area contributed by atoms with Crippen LogP contribution in [0.2, 0.25) is 0 Å². The Hall–Kier alpha value is -1.97. The molecule has 0 saturated carbocycles. The van der Waals surface area contributed by atoms with Gasteiger partial charge in [0.1, 0.15) is 5.82 Å². The SMILES string of the molecule is CCCCCCC(F)(F)C(F)(F)C(F)(F)PCCC(CC)CCCC.Fc1ccccc1-c1c(F)c(F)c(F)c(F)c1F. The largest absolute Gasteiger partial charge is 0.375 e. The van der Waals surface area contributed by atoms with Crippen molar-refractivity contribution in [2.75, 3.05) is 6.16 Å². The molecule has 0 saturated heterocycles. The third-order valence-corrected chi connectivity index (χ3v) is 8.29. The van der Waals surface area contributed by atoms with Crippen molar-refractivity contribution < 1.29 is 52.7 Å². The zero-order chi connectivity index (χ0) is 33.0. The zero-order valence-electron chi connectivity index (χ0n) is 24.2. The Labute approximate surface area is 246 Å². The molecule has 0 aliphatic rings. The summed E-state index contributed by atoms with van der Waals surface area (Å²) >= 11 is 0. The molecule has 0 spiro atoms. The van der Waals surface area contributed by atoms with Crippen LogP contribution < -0.4 is 0 Å². The van der Waals surface area contributed by atoms with Crippen LogP contribution in [0, 0.1) is 40.8 Å². The molecule has 2 atom stereocenters. The van der Waals surface area contributed by atoms with Gasteiger partial charge < -0.3 is 0 Å². The van der Waals surface area contributed by atoms with Gasteiger partial charge in [-0.1, -0.05) is 83.9 Å². The smallest absolute Gasteiger partial charge is 0.206 e. The summed E-state index contributed by atoms with van der Waals surface area (Å²) in [5.41, 5.74) is -6.61. The van der Waals surface area contributed by atoms with Crippen molar-refractivity contribution in [1.82, 2.24) is 0 Å². The molecule has 0 radical (unpaired) electrons. The van der Waals surface area contributed by atoms with Crippen LogP contribution in [0.25, 0.3) is 11.1 Å². The van der Waals surface area contributed by atoms with Crippen molar-refractivity contribution in [3.63, 3.8) is 0 Å². The van der Waals surface area contributed by atoms with Crippen LogP contribution >= 0.6 is 8.58 Å². The average molecular weight is 657 g/mol. The lowest BCUT2D eigenvalue weighted by Gasteiger charge is -2.33. The summed E-state index contributed by atoms with van der Waals surface area (Å²) in [6.45, 7) is 5.80. The maximum atomic E-state index is 13.9. The van der Waals surface area contributed by atoms with Crippen LogP contribution in [0.1, 0.15) is 85.0 Å². The van der Waals surface area contributed by atoms with E-state index in [4.69, 9.17) is 0 Å². The first kappa shape index (κ1) is 39.1. The summed E-state index contributed by atoms with van der Waals surface area (Å²) in [6.07, 6.45) is 4.27. The number of halogens is 12. The van der Waals surface area contributed by atoms with E-state index in [2.05, 4.69) is 0 Å². The minimum Gasteiger partial charge on any atom is -0.206 e. The third kappa shape index (κ3) is 10.3. The maximum Gasteiger partial charge on any atom is 0.375 e. The molecule has 0 aliphatic carbocycles. The van der Waals surface area contributed by atoms with Gasteiger partial charge in [0, 0.05) is 12.0 Å². The number of rotatable bonds is 16. The molecule has 43 heavy (non-hydrogen) atoms. The van der Waals surface area contributed by atoms with Gasteiger partial charge >= 0.3 is 17.5 Å². The van der Waals surface area contributed by atoms with Crippen LogP contribution in [0.5, 0.6) is 0 Å². The maximum absolute atomic E-state index is 13.9. The fraction of sp³-hybridized carbons (Fsp3) is 0.600. The van der Waals surface area contributed by atoms with Crippen molar-refractivity contribution in [3.8, 4) is 11.1 Å². The quantitative estimate of drug-likeness (QED) is 0.0555. The second-order valence-electron chi connectivity index (χ2n) is 10.2. The Kier molecular flexibility index (Phi) is 15.9. The average Bonchev–Trinajstić information content (AvgIpc) is 2.96. The molecule has 2 aromatic carbocycles. The second-order valence-corrected chi connectivity index (χ2v) is 11.7. The number of hydrogen-bond acceptors (Lipinski definition) is 0. The fourth-order valence-electron chi connectivity index (χ4n) is 4.26. The molecule has 2 unspecified atom stereocenters. The predicted molar refractivity (Wildman–Crippen MR) is 146 cm³/mol. The van der Waals surface area contributed by atoms with E-state index < -0.39 is 78.5 Å². The first-order valence-electron chi connectivity index (χ1n) is 14.1. The van der Waals surface area contributed by atoms with Crippen LogP contribution in [-0.4, -0.2) is 23.7 Å². The van der Waals surface area contributed by atoms with Crippen LogP contribution in [0.4, 0.5) is 52.7 Å². The van der Waals surface area contributed by atoms with Gasteiger partial charge in [-0.3, -0.25) is 0 Å². The molecule has 2 aromatic rings. The first-order chi connectivity index (χ1) is 20.0. The lowest BCUT2D eigenvalue weighted by atomic mass is 9.97. The molecule has 2 rings (SSSR count). The summed E-state index contributed by atoms with van der Waals surface area (Å²) < 4.78 is 162. The van der Waals surface area contributed by atoms with Gasteiger partial charge in [0.2, 0.25) is 5.82 Å². The van der Waals surface area contributed by atoms with Gasteiger partial charge in [-0.05, 0) is 39.6 Å². The molecule has 0 aliphatic heterocycles. The van der Waals surface area contributed by atoms with Crippen molar-refractivity contribution in [1.29, 1.82) is 0 Å². The summed E-state index contributed by atoms with van der Waals surface area (Å²) in [7, 11) is -1.47. The molecule has 0 bridgehead atoms. The number of unbranched alkanes of at least 4 members (excludes halogenated alkanes) is 4. The van der Waals surface area contributed by atoms with Gasteiger partial charge in [0.05, 0.1) is 5.56 Å². The molecule has 0 fully saturated rings. The molecule has 13 heteroatoms. The Bertz CT molecular complexity index is 1110. The van der Waals surface area contributed by atoms with E-state index >= 15 is 0 Å². The molecule has 0 heterocycles.